The van der Waals surface area contributed by atoms with Gasteiger partial charge in [-0.15, -0.1) is 0 Å². The molecule has 2 aliphatic rings. The van der Waals surface area contributed by atoms with Crippen molar-refractivity contribution in [2.24, 2.45) is 20.0 Å². The zero-order valence-electron chi connectivity index (χ0n) is 17.7. The molecule has 0 saturated heterocycles. The molecular formula is C22H23F4N5O. The zero-order valence-corrected chi connectivity index (χ0v) is 17.7. The minimum atomic E-state index is -4.16. The van der Waals surface area contributed by atoms with E-state index < -0.39 is 36.5 Å². The monoisotopic (exact) mass is 449 g/mol. The van der Waals surface area contributed by atoms with Crippen LogP contribution < -0.4 is 5.32 Å². The Balaban J connectivity index is 1.49. The number of hydrogen-bond donors (Lipinski definition) is 1. The summed E-state index contributed by atoms with van der Waals surface area (Å²) >= 11 is 0. The summed E-state index contributed by atoms with van der Waals surface area (Å²) in [6, 6.07) is 7.74. The van der Waals surface area contributed by atoms with Gasteiger partial charge in [0.1, 0.15) is 17.2 Å². The van der Waals surface area contributed by atoms with Crippen molar-refractivity contribution in [2.75, 3.05) is 5.32 Å². The number of para-hydroxylation sites is 1. The molecule has 3 aromatic rings. The summed E-state index contributed by atoms with van der Waals surface area (Å²) in [5, 5.41) is 12.9. The van der Waals surface area contributed by atoms with E-state index in [1.165, 1.54) is 4.68 Å². The smallest absolute Gasteiger partial charge is 0.311 e. The minimum absolute atomic E-state index is 0.157. The van der Waals surface area contributed by atoms with E-state index in [-0.39, 0.29) is 5.92 Å². The van der Waals surface area contributed by atoms with Crippen LogP contribution in [-0.4, -0.2) is 37.3 Å². The molecule has 170 valence electrons. The highest BCUT2D eigenvalue weighted by Gasteiger charge is 2.71. The topological polar surface area (TPSA) is 64.7 Å². The fraction of sp³-hybridized carbons (Fsp3) is 0.500. The number of amides is 1. The highest BCUT2D eigenvalue weighted by Crippen LogP contribution is 2.56. The second kappa shape index (κ2) is 7.05. The van der Waals surface area contributed by atoms with Crippen molar-refractivity contribution in [1.29, 1.82) is 0 Å². The second-order valence-corrected chi connectivity index (χ2v) is 8.83. The standard InChI is InChI=1S/C22H23F4N5O/c1-30-15-9-4-3-8-14(15)18(28-30)19-17(12-6-5-7-12)20(31(2)29-19)27-16(32)10-13-11-21(23,24)22(13,25)26/h3-4,8-9,12-13H,5-7,10-11H2,1-2H3,(H,27,32)/t13-/m1/s1. The number of alkyl halides is 4. The summed E-state index contributed by atoms with van der Waals surface area (Å²) in [4.78, 5) is 12.6. The normalized spacial score (nSPS) is 21.9. The molecule has 0 spiro atoms. The number of nitrogens with zero attached hydrogens (tertiary/aromatic N) is 4. The first kappa shape index (κ1) is 21.0. The maximum atomic E-state index is 13.6. The molecule has 2 aliphatic carbocycles. The number of fused-ring (bicyclic) bond motifs is 1. The van der Waals surface area contributed by atoms with Crippen LogP contribution in [-0.2, 0) is 18.9 Å². The summed E-state index contributed by atoms with van der Waals surface area (Å²) in [6.07, 6.45) is 1.22. The number of nitrogens with one attached hydrogen (secondary N) is 1. The van der Waals surface area contributed by atoms with Crippen molar-refractivity contribution in [3.05, 3.63) is 29.8 Å². The Morgan fingerprint density at radius 1 is 1.09 bits per heavy atom. The molecule has 2 heterocycles. The van der Waals surface area contributed by atoms with Gasteiger partial charge < -0.3 is 5.32 Å². The van der Waals surface area contributed by atoms with Crippen molar-refractivity contribution < 1.29 is 22.4 Å². The third kappa shape index (κ3) is 3.02. The number of anilines is 1. The van der Waals surface area contributed by atoms with E-state index in [9.17, 15) is 22.4 Å². The molecular weight excluding hydrogens is 426 g/mol. The van der Waals surface area contributed by atoms with Crippen LogP contribution in [0.3, 0.4) is 0 Å². The Labute approximate surface area is 181 Å². The lowest BCUT2D eigenvalue weighted by Gasteiger charge is -2.43. The number of hydrogen-bond acceptors (Lipinski definition) is 3. The van der Waals surface area contributed by atoms with E-state index in [4.69, 9.17) is 0 Å². The van der Waals surface area contributed by atoms with Crippen molar-refractivity contribution in [3.63, 3.8) is 0 Å². The van der Waals surface area contributed by atoms with Crippen molar-refractivity contribution >= 4 is 22.6 Å². The first-order chi connectivity index (χ1) is 15.1. The largest absolute Gasteiger partial charge is 0.313 e. The highest BCUT2D eigenvalue weighted by molar-refractivity contribution is 5.96. The van der Waals surface area contributed by atoms with Gasteiger partial charge in [0.2, 0.25) is 5.91 Å². The minimum Gasteiger partial charge on any atom is -0.311 e. The first-order valence-electron chi connectivity index (χ1n) is 10.6. The van der Waals surface area contributed by atoms with Crippen molar-refractivity contribution in [2.45, 2.75) is 49.9 Å². The molecule has 2 fully saturated rings. The fourth-order valence-electron chi connectivity index (χ4n) is 4.68. The van der Waals surface area contributed by atoms with E-state index in [2.05, 4.69) is 15.5 Å². The zero-order chi connectivity index (χ0) is 22.8. The van der Waals surface area contributed by atoms with E-state index >= 15 is 0 Å². The summed E-state index contributed by atoms with van der Waals surface area (Å²) in [5.41, 5.74) is 3.09. The number of rotatable bonds is 5. The van der Waals surface area contributed by atoms with Crippen LogP contribution in [0, 0.1) is 5.92 Å². The summed E-state index contributed by atoms with van der Waals surface area (Å²) < 4.78 is 56.9. The molecule has 2 aromatic heterocycles. The van der Waals surface area contributed by atoms with Gasteiger partial charge in [-0.1, -0.05) is 24.6 Å². The van der Waals surface area contributed by atoms with Crippen LogP contribution in [0.1, 0.15) is 43.6 Å². The Bertz CT molecular complexity index is 1210. The van der Waals surface area contributed by atoms with E-state index in [0.29, 0.717) is 17.2 Å². The van der Waals surface area contributed by atoms with Gasteiger partial charge in [0.25, 0.3) is 0 Å². The number of aryl methyl sites for hydroxylation is 2. The van der Waals surface area contributed by atoms with Crippen LogP contribution >= 0.6 is 0 Å². The van der Waals surface area contributed by atoms with Gasteiger partial charge in [-0.3, -0.25) is 14.2 Å². The van der Waals surface area contributed by atoms with Crippen molar-refractivity contribution in [3.8, 4) is 11.4 Å². The molecule has 5 rings (SSSR count). The SMILES string of the molecule is Cn1nc(-c2nn(C)c3ccccc23)c(C2CCC2)c1NC(=O)C[C@@H]1CC(F)(F)C1(F)F. The van der Waals surface area contributed by atoms with Crippen LogP contribution in [0.5, 0.6) is 0 Å². The third-order valence-electron chi connectivity index (χ3n) is 6.77. The lowest BCUT2D eigenvalue weighted by atomic mass is 9.74. The maximum Gasteiger partial charge on any atom is 0.313 e. The number of benzene rings is 1. The average Bonchev–Trinajstić information content (AvgIpc) is 3.18. The number of carbonyl (C=O) groups is 1. The molecule has 1 N–H and O–H groups in total. The van der Waals surface area contributed by atoms with Crippen LogP contribution in [0.2, 0.25) is 0 Å². The van der Waals surface area contributed by atoms with Gasteiger partial charge in [-0.2, -0.15) is 27.8 Å². The lowest BCUT2D eigenvalue weighted by molar-refractivity contribution is -0.313. The highest BCUT2D eigenvalue weighted by atomic mass is 19.3. The third-order valence-corrected chi connectivity index (χ3v) is 6.77. The van der Waals surface area contributed by atoms with Gasteiger partial charge in [0, 0.05) is 43.8 Å². The molecule has 0 radical (unpaired) electrons. The molecule has 0 unspecified atom stereocenters. The van der Waals surface area contributed by atoms with Gasteiger partial charge in [0.15, 0.2) is 0 Å². The van der Waals surface area contributed by atoms with Crippen LogP contribution in [0.4, 0.5) is 23.4 Å². The first-order valence-corrected chi connectivity index (χ1v) is 10.6. The number of halogens is 4. The summed E-state index contributed by atoms with van der Waals surface area (Å²) in [7, 11) is 3.51. The number of carbonyl (C=O) groups excluding carboxylic acids is 1. The predicted molar refractivity (Wildman–Crippen MR) is 111 cm³/mol. The van der Waals surface area contributed by atoms with E-state index in [1.807, 2.05) is 31.3 Å². The molecule has 10 heteroatoms. The average molecular weight is 449 g/mol. The second-order valence-electron chi connectivity index (χ2n) is 8.83. The summed E-state index contributed by atoms with van der Waals surface area (Å²) in [5.74, 6) is -10.0. The lowest BCUT2D eigenvalue weighted by Crippen LogP contribution is -2.59. The maximum absolute atomic E-state index is 13.6. The van der Waals surface area contributed by atoms with Gasteiger partial charge in [-0.05, 0) is 24.8 Å². The van der Waals surface area contributed by atoms with Gasteiger partial charge in [-0.25, -0.2) is 0 Å². The molecule has 1 aromatic carbocycles. The Kier molecular flexibility index (Phi) is 4.62. The Morgan fingerprint density at radius 3 is 2.41 bits per heavy atom. The molecule has 0 aliphatic heterocycles. The quantitative estimate of drug-likeness (QED) is 0.566. The molecule has 1 atom stereocenters. The van der Waals surface area contributed by atoms with E-state index in [1.54, 1.807) is 11.7 Å². The van der Waals surface area contributed by atoms with Crippen molar-refractivity contribution in [1.82, 2.24) is 19.6 Å². The molecule has 0 bridgehead atoms. The van der Waals surface area contributed by atoms with Crippen LogP contribution in [0.25, 0.3) is 22.3 Å². The van der Waals surface area contributed by atoms with Gasteiger partial charge in [0.05, 0.1) is 5.52 Å². The summed E-state index contributed by atoms with van der Waals surface area (Å²) in [6.45, 7) is 0. The molecule has 32 heavy (non-hydrogen) atoms. The molecule has 6 nitrogen and oxygen atoms in total. The Morgan fingerprint density at radius 2 is 1.78 bits per heavy atom. The molecule has 2 saturated carbocycles. The number of aromatic nitrogens is 4. The predicted octanol–water partition coefficient (Wildman–Crippen LogP) is 4.86. The van der Waals surface area contributed by atoms with E-state index in [0.717, 1.165) is 35.7 Å². The fourth-order valence-corrected chi connectivity index (χ4v) is 4.68. The Hall–Kier alpha value is -2.91. The molecule has 1 amide bonds. The van der Waals surface area contributed by atoms with Crippen LogP contribution in [0.15, 0.2) is 24.3 Å². The van der Waals surface area contributed by atoms with Gasteiger partial charge >= 0.3 is 11.8 Å².